The van der Waals surface area contributed by atoms with Crippen LogP contribution in [0.1, 0.15) is 63.5 Å². The van der Waals surface area contributed by atoms with Crippen LogP contribution in [0.3, 0.4) is 0 Å². The van der Waals surface area contributed by atoms with E-state index in [0.29, 0.717) is 6.61 Å². The minimum atomic E-state index is -0.105. The predicted octanol–water partition coefficient (Wildman–Crippen LogP) is 5.49. The van der Waals surface area contributed by atoms with E-state index in [1.54, 1.807) is 18.2 Å². The maximum atomic E-state index is 10.1. The van der Waals surface area contributed by atoms with Gasteiger partial charge in [0.05, 0.1) is 18.3 Å². The molecule has 1 aromatic carbocycles. The highest BCUT2D eigenvalue weighted by Crippen LogP contribution is 2.54. The molecule has 0 saturated carbocycles. The zero-order valence-corrected chi connectivity index (χ0v) is 12.9. The van der Waals surface area contributed by atoms with E-state index >= 15 is 0 Å². The molecule has 1 aliphatic rings. The standard InChI is InChI=1S/C18H26O3/c1-3-5-6-7-8-9-10-15(20-13-4-2)17-14(19)11-12-16-18(17)21-16/h4,11-12,15,19H,2-3,5-10,13H2,1H3. The summed E-state index contributed by atoms with van der Waals surface area (Å²) in [4.78, 5) is 0. The summed E-state index contributed by atoms with van der Waals surface area (Å²) in [7, 11) is 0. The van der Waals surface area contributed by atoms with Gasteiger partial charge in [-0.25, -0.2) is 0 Å². The summed E-state index contributed by atoms with van der Waals surface area (Å²) >= 11 is 0. The fourth-order valence-electron chi connectivity index (χ4n) is 2.66. The number of phenols is 1. The zero-order valence-electron chi connectivity index (χ0n) is 12.9. The average Bonchev–Trinajstić information content (AvgIpc) is 3.26. The van der Waals surface area contributed by atoms with E-state index in [9.17, 15) is 5.11 Å². The summed E-state index contributed by atoms with van der Waals surface area (Å²) in [6.07, 6.45) is 10.0. The van der Waals surface area contributed by atoms with E-state index in [1.807, 2.05) is 0 Å². The van der Waals surface area contributed by atoms with Crippen molar-refractivity contribution in [1.29, 1.82) is 0 Å². The minimum absolute atomic E-state index is 0.105. The van der Waals surface area contributed by atoms with Crippen LogP contribution in [0.4, 0.5) is 0 Å². The number of rotatable bonds is 11. The van der Waals surface area contributed by atoms with E-state index in [0.717, 1.165) is 29.9 Å². The molecule has 0 aromatic heterocycles. The highest BCUT2D eigenvalue weighted by Gasteiger charge is 2.32. The lowest BCUT2D eigenvalue weighted by atomic mass is 10.0. The molecule has 0 fully saturated rings. The first kappa shape index (κ1) is 15.9. The summed E-state index contributed by atoms with van der Waals surface area (Å²) in [6.45, 7) is 6.41. The van der Waals surface area contributed by atoms with Crippen molar-refractivity contribution in [2.45, 2.75) is 58.0 Å². The number of aromatic hydroxyl groups is 1. The molecule has 1 aromatic rings. The van der Waals surface area contributed by atoms with E-state index in [1.165, 1.54) is 32.1 Å². The normalized spacial score (nSPS) is 13.4. The third kappa shape index (κ3) is 4.50. The van der Waals surface area contributed by atoms with E-state index in [4.69, 9.17) is 9.47 Å². The van der Waals surface area contributed by atoms with Crippen molar-refractivity contribution in [2.24, 2.45) is 0 Å². The van der Waals surface area contributed by atoms with Crippen LogP contribution in [0.5, 0.6) is 17.2 Å². The first-order chi connectivity index (χ1) is 10.3. The molecule has 1 unspecified atom stereocenters. The number of hydrogen-bond acceptors (Lipinski definition) is 3. The van der Waals surface area contributed by atoms with E-state index in [2.05, 4.69) is 13.5 Å². The molecule has 0 amide bonds. The molecule has 0 radical (unpaired) electrons. The van der Waals surface area contributed by atoms with Gasteiger partial charge in [0.1, 0.15) is 5.75 Å². The van der Waals surface area contributed by atoms with Crippen LogP contribution in [0, 0.1) is 0 Å². The van der Waals surface area contributed by atoms with Crippen LogP contribution in [-0.4, -0.2) is 11.7 Å². The molecule has 2 rings (SSSR count). The van der Waals surface area contributed by atoms with Crippen molar-refractivity contribution < 1.29 is 14.6 Å². The average molecular weight is 290 g/mol. The van der Waals surface area contributed by atoms with Crippen LogP contribution >= 0.6 is 0 Å². The van der Waals surface area contributed by atoms with Crippen molar-refractivity contribution in [2.75, 3.05) is 6.61 Å². The Bertz CT molecular complexity index is 464. The van der Waals surface area contributed by atoms with Crippen LogP contribution in [0.25, 0.3) is 0 Å². The van der Waals surface area contributed by atoms with E-state index in [-0.39, 0.29) is 11.9 Å². The second-order valence-corrected chi connectivity index (χ2v) is 5.59. The highest BCUT2D eigenvalue weighted by atomic mass is 16.6. The molecule has 1 aliphatic heterocycles. The Morgan fingerprint density at radius 3 is 2.76 bits per heavy atom. The van der Waals surface area contributed by atoms with Crippen LogP contribution in [-0.2, 0) is 4.74 Å². The lowest BCUT2D eigenvalue weighted by Crippen LogP contribution is -2.04. The van der Waals surface area contributed by atoms with Crippen molar-refractivity contribution in [3.8, 4) is 17.2 Å². The molecule has 0 saturated heterocycles. The summed E-state index contributed by atoms with van der Waals surface area (Å²) < 4.78 is 11.2. The van der Waals surface area contributed by atoms with Crippen molar-refractivity contribution in [3.63, 3.8) is 0 Å². The van der Waals surface area contributed by atoms with Gasteiger partial charge in [0.25, 0.3) is 0 Å². The van der Waals surface area contributed by atoms with Gasteiger partial charge in [0.15, 0.2) is 11.5 Å². The molecule has 116 valence electrons. The molecule has 0 aliphatic carbocycles. The molecule has 1 atom stereocenters. The Hall–Kier alpha value is -1.48. The lowest BCUT2D eigenvalue weighted by molar-refractivity contribution is 0.0633. The van der Waals surface area contributed by atoms with Gasteiger partial charge in [-0.2, -0.15) is 0 Å². The van der Waals surface area contributed by atoms with Gasteiger partial charge in [-0.3, -0.25) is 0 Å². The molecular weight excluding hydrogens is 264 g/mol. The SMILES string of the molecule is C=CCOC(CCCCCCCC)c1c(O)ccc2c1O2. The van der Waals surface area contributed by atoms with Crippen LogP contribution in [0.2, 0.25) is 0 Å². The summed E-state index contributed by atoms with van der Waals surface area (Å²) in [5.74, 6) is 1.93. The maximum absolute atomic E-state index is 10.1. The number of phenolic OH excluding ortho intramolecular Hbond substituents is 1. The van der Waals surface area contributed by atoms with Crippen molar-refractivity contribution in [3.05, 3.63) is 30.4 Å². The predicted molar refractivity (Wildman–Crippen MR) is 85.1 cm³/mol. The second kappa shape index (κ2) is 8.08. The Kier molecular flexibility index (Phi) is 6.12. The molecular formula is C18H26O3. The summed E-state index contributed by atoms with van der Waals surface area (Å²) in [5.41, 5.74) is 0.808. The fourth-order valence-corrected chi connectivity index (χ4v) is 2.66. The van der Waals surface area contributed by atoms with E-state index < -0.39 is 0 Å². The Balaban J connectivity index is 1.88. The zero-order chi connectivity index (χ0) is 15.1. The van der Waals surface area contributed by atoms with Gasteiger partial charge < -0.3 is 14.6 Å². The molecule has 1 N–H and O–H groups in total. The van der Waals surface area contributed by atoms with Gasteiger partial charge in [-0.1, -0.05) is 51.5 Å². The Morgan fingerprint density at radius 2 is 2.00 bits per heavy atom. The first-order valence-electron chi connectivity index (χ1n) is 8.04. The lowest BCUT2D eigenvalue weighted by Gasteiger charge is -2.17. The Morgan fingerprint density at radius 1 is 1.24 bits per heavy atom. The van der Waals surface area contributed by atoms with Crippen LogP contribution in [0.15, 0.2) is 24.8 Å². The smallest absolute Gasteiger partial charge is 0.179 e. The van der Waals surface area contributed by atoms with Gasteiger partial charge in [0, 0.05) is 0 Å². The highest BCUT2D eigenvalue weighted by molar-refractivity contribution is 5.64. The third-order valence-electron chi connectivity index (χ3n) is 3.86. The monoisotopic (exact) mass is 290 g/mol. The Labute approximate surface area is 127 Å². The number of benzene rings is 1. The number of fused-ring (bicyclic) bond motifs is 1. The second-order valence-electron chi connectivity index (χ2n) is 5.59. The van der Waals surface area contributed by atoms with Crippen molar-refractivity contribution in [1.82, 2.24) is 0 Å². The third-order valence-corrected chi connectivity index (χ3v) is 3.86. The van der Waals surface area contributed by atoms with Gasteiger partial charge in [0.2, 0.25) is 0 Å². The van der Waals surface area contributed by atoms with Gasteiger partial charge in [-0.15, -0.1) is 6.58 Å². The van der Waals surface area contributed by atoms with Crippen molar-refractivity contribution >= 4 is 0 Å². The van der Waals surface area contributed by atoms with Gasteiger partial charge in [-0.05, 0) is 18.6 Å². The fraction of sp³-hybridized carbons (Fsp3) is 0.556. The van der Waals surface area contributed by atoms with Gasteiger partial charge >= 0.3 is 0 Å². The molecule has 1 heterocycles. The number of ether oxygens (including phenoxy) is 2. The summed E-state index contributed by atoms with van der Waals surface area (Å²) in [6, 6.07) is 3.48. The maximum Gasteiger partial charge on any atom is 0.179 e. The number of unbranched alkanes of at least 4 members (excludes halogenated alkanes) is 5. The van der Waals surface area contributed by atoms with Crippen LogP contribution < -0.4 is 4.74 Å². The molecule has 0 bridgehead atoms. The quantitative estimate of drug-likeness (QED) is 0.338. The molecule has 3 heteroatoms. The molecule has 21 heavy (non-hydrogen) atoms. The summed E-state index contributed by atoms with van der Waals surface area (Å²) in [5, 5.41) is 10.1. The first-order valence-corrected chi connectivity index (χ1v) is 8.04. The molecule has 3 nitrogen and oxygen atoms in total. The largest absolute Gasteiger partial charge is 0.507 e. The topological polar surface area (TPSA) is 42.0 Å². The minimum Gasteiger partial charge on any atom is -0.507 e. The number of hydrogen-bond donors (Lipinski definition) is 1. The molecule has 0 spiro atoms.